The highest BCUT2D eigenvalue weighted by Crippen LogP contribution is 2.13. The molecular weight excluding hydrogens is 423 g/mol. The lowest BCUT2D eigenvalue weighted by Gasteiger charge is -2.30. The Morgan fingerprint density at radius 2 is 1.56 bits per heavy atom. The molecule has 1 aromatic rings. The minimum atomic E-state index is 0. The van der Waals surface area contributed by atoms with Crippen molar-refractivity contribution in [3.05, 3.63) is 30.3 Å². The number of nitrogens with zero attached hydrogens (tertiary/aromatic N) is 3. The summed E-state index contributed by atoms with van der Waals surface area (Å²) < 4.78 is 0. The fourth-order valence-electron chi connectivity index (χ4n) is 3.61. The van der Waals surface area contributed by atoms with Gasteiger partial charge in [0, 0.05) is 25.3 Å². The van der Waals surface area contributed by atoms with Crippen LogP contribution < -0.4 is 5.32 Å². The number of unbranched alkanes of at least 4 members (excludes halogenated alkanes) is 1. The lowest BCUT2D eigenvalue weighted by atomic mass is 10.1. The summed E-state index contributed by atoms with van der Waals surface area (Å²) in [4.78, 5) is 9.94. The number of piperidine rings is 1. The van der Waals surface area contributed by atoms with Gasteiger partial charge in [-0.25, -0.2) is 0 Å². The molecule has 140 valence electrons. The Bertz CT molecular complexity index is 494. The predicted molar refractivity (Wildman–Crippen MR) is 118 cm³/mol. The van der Waals surface area contributed by atoms with Gasteiger partial charge in [-0.1, -0.05) is 18.2 Å². The van der Waals surface area contributed by atoms with E-state index in [4.69, 9.17) is 4.99 Å². The molecule has 0 saturated carbocycles. The smallest absolute Gasteiger partial charge is 0.198 e. The van der Waals surface area contributed by atoms with Gasteiger partial charge in [-0.05, 0) is 76.7 Å². The number of benzene rings is 1. The van der Waals surface area contributed by atoms with E-state index in [-0.39, 0.29) is 24.0 Å². The third kappa shape index (κ3) is 7.13. The number of anilines is 1. The Morgan fingerprint density at radius 1 is 0.880 bits per heavy atom. The third-order valence-corrected chi connectivity index (χ3v) is 5.03. The zero-order valence-electron chi connectivity index (χ0n) is 15.3. The van der Waals surface area contributed by atoms with Crippen LogP contribution in [-0.4, -0.2) is 55.0 Å². The van der Waals surface area contributed by atoms with E-state index >= 15 is 0 Å². The summed E-state index contributed by atoms with van der Waals surface area (Å²) in [5, 5.41) is 3.55. The first-order valence-electron chi connectivity index (χ1n) is 9.76. The van der Waals surface area contributed by atoms with Crippen LogP contribution in [0.2, 0.25) is 0 Å². The first kappa shape index (κ1) is 20.5. The third-order valence-electron chi connectivity index (χ3n) is 5.03. The Balaban J connectivity index is 0.00000225. The maximum absolute atomic E-state index is 4.92. The van der Waals surface area contributed by atoms with Gasteiger partial charge in [-0.3, -0.25) is 4.99 Å². The van der Waals surface area contributed by atoms with Crippen LogP contribution in [0.15, 0.2) is 35.3 Å². The van der Waals surface area contributed by atoms with Crippen molar-refractivity contribution in [3.63, 3.8) is 0 Å². The first-order valence-corrected chi connectivity index (χ1v) is 9.76. The fourth-order valence-corrected chi connectivity index (χ4v) is 3.61. The predicted octanol–water partition coefficient (Wildman–Crippen LogP) is 4.43. The molecule has 2 fully saturated rings. The van der Waals surface area contributed by atoms with E-state index in [1.807, 2.05) is 0 Å². The van der Waals surface area contributed by atoms with Crippen molar-refractivity contribution in [2.75, 3.05) is 44.6 Å². The van der Waals surface area contributed by atoms with Crippen LogP contribution in [0.3, 0.4) is 0 Å². The number of nitrogens with one attached hydrogen (secondary N) is 1. The van der Waals surface area contributed by atoms with Gasteiger partial charge in [0.25, 0.3) is 0 Å². The van der Waals surface area contributed by atoms with Gasteiger partial charge in [-0.2, -0.15) is 0 Å². The van der Waals surface area contributed by atoms with Crippen molar-refractivity contribution in [1.29, 1.82) is 0 Å². The lowest BCUT2D eigenvalue weighted by molar-refractivity contribution is 0.329. The molecule has 0 aliphatic carbocycles. The summed E-state index contributed by atoms with van der Waals surface area (Å²) in [6.07, 6.45) is 9.14. The summed E-state index contributed by atoms with van der Waals surface area (Å²) in [5.74, 6) is 1.07. The van der Waals surface area contributed by atoms with Gasteiger partial charge in [0.15, 0.2) is 5.96 Å². The van der Waals surface area contributed by atoms with Crippen molar-refractivity contribution >= 4 is 35.6 Å². The molecule has 0 atom stereocenters. The van der Waals surface area contributed by atoms with Gasteiger partial charge < -0.3 is 15.1 Å². The lowest BCUT2D eigenvalue weighted by Crippen LogP contribution is -2.40. The molecule has 5 heteroatoms. The number of aliphatic imine (C=N–C) groups is 1. The summed E-state index contributed by atoms with van der Waals surface area (Å²) in [6.45, 7) is 7.05. The summed E-state index contributed by atoms with van der Waals surface area (Å²) >= 11 is 0. The second-order valence-electron chi connectivity index (χ2n) is 7.00. The number of likely N-dealkylation sites (tertiary alicyclic amines) is 2. The SMILES string of the molecule is I.c1ccc(NC(=NCCCCN2CCCC2)N2CCCCC2)cc1. The van der Waals surface area contributed by atoms with E-state index < -0.39 is 0 Å². The second kappa shape index (κ2) is 11.7. The molecule has 2 saturated heterocycles. The van der Waals surface area contributed by atoms with Crippen LogP contribution in [0.5, 0.6) is 0 Å². The van der Waals surface area contributed by atoms with Crippen LogP contribution >= 0.6 is 24.0 Å². The average Bonchev–Trinajstić information content (AvgIpc) is 3.15. The van der Waals surface area contributed by atoms with Crippen molar-refractivity contribution < 1.29 is 0 Å². The minimum absolute atomic E-state index is 0. The van der Waals surface area contributed by atoms with E-state index in [0.29, 0.717) is 0 Å². The zero-order chi connectivity index (χ0) is 16.5. The molecule has 2 aliphatic rings. The number of halogens is 1. The van der Waals surface area contributed by atoms with Crippen molar-refractivity contribution in [1.82, 2.24) is 9.80 Å². The molecule has 4 nitrogen and oxygen atoms in total. The number of hydrogen-bond donors (Lipinski definition) is 1. The quantitative estimate of drug-likeness (QED) is 0.297. The van der Waals surface area contributed by atoms with Crippen molar-refractivity contribution in [2.24, 2.45) is 4.99 Å². The highest BCUT2D eigenvalue weighted by Gasteiger charge is 2.15. The van der Waals surface area contributed by atoms with E-state index in [1.54, 1.807) is 0 Å². The van der Waals surface area contributed by atoms with E-state index in [0.717, 1.165) is 31.3 Å². The van der Waals surface area contributed by atoms with Crippen LogP contribution in [0.1, 0.15) is 44.9 Å². The first-order chi connectivity index (χ1) is 11.9. The summed E-state index contributed by atoms with van der Waals surface area (Å²) in [5.41, 5.74) is 1.14. The molecule has 2 aliphatic heterocycles. The fraction of sp³-hybridized carbons (Fsp3) is 0.650. The van der Waals surface area contributed by atoms with Crippen LogP contribution in [-0.2, 0) is 0 Å². The molecular formula is C20H33IN4. The Kier molecular flexibility index (Phi) is 9.61. The van der Waals surface area contributed by atoms with Gasteiger partial charge >= 0.3 is 0 Å². The maximum Gasteiger partial charge on any atom is 0.198 e. The molecule has 1 aromatic carbocycles. The van der Waals surface area contributed by atoms with Gasteiger partial charge in [0.1, 0.15) is 0 Å². The standard InChI is InChI=1S/C20H32N4.HI/c1-3-11-19(12-4-1)22-20(24-17-6-2-7-18-24)21-13-5-8-14-23-15-9-10-16-23;/h1,3-4,11-12H,2,5-10,13-18H2,(H,21,22);1H. The van der Waals surface area contributed by atoms with Crippen molar-refractivity contribution in [2.45, 2.75) is 44.9 Å². The maximum atomic E-state index is 4.92. The molecule has 0 aromatic heterocycles. The topological polar surface area (TPSA) is 30.9 Å². The second-order valence-corrected chi connectivity index (χ2v) is 7.00. The van der Waals surface area contributed by atoms with Crippen molar-refractivity contribution in [3.8, 4) is 0 Å². The average molecular weight is 456 g/mol. The minimum Gasteiger partial charge on any atom is -0.343 e. The molecule has 0 radical (unpaired) electrons. The molecule has 0 unspecified atom stereocenters. The molecule has 0 amide bonds. The molecule has 25 heavy (non-hydrogen) atoms. The summed E-state index contributed by atoms with van der Waals surface area (Å²) in [7, 11) is 0. The Labute approximate surface area is 170 Å². The summed E-state index contributed by atoms with van der Waals surface area (Å²) in [6, 6.07) is 10.4. The van der Waals surface area contributed by atoms with Crippen LogP contribution in [0, 0.1) is 0 Å². The normalized spacial score (nSPS) is 18.9. The molecule has 1 N–H and O–H groups in total. The Hall–Kier alpha value is -0.820. The van der Waals surface area contributed by atoms with Gasteiger partial charge in [0.05, 0.1) is 0 Å². The molecule has 3 rings (SSSR count). The Morgan fingerprint density at radius 3 is 2.28 bits per heavy atom. The number of para-hydroxylation sites is 1. The van der Waals surface area contributed by atoms with E-state index in [1.165, 1.54) is 64.6 Å². The van der Waals surface area contributed by atoms with Gasteiger partial charge in [-0.15, -0.1) is 24.0 Å². The molecule has 2 heterocycles. The number of rotatable bonds is 6. The van der Waals surface area contributed by atoms with E-state index in [2.05, 4.69) is 45.4 Å². The number of hydrogen-bond acceptors (Lipinski definition) is 2. The highest BCUT2D eigenvalue weighted by molar-refractivity contribution is 14.0. The molecule has 0 spiro atoms. The van der Waals surface area contributed by atoms with Gasteiger partial charge in [0.2, 0.25) is 0 Å². The largest absolute Gasteiger partial charge is 0.343 e. The zero-order valence-corrected chi connectivity index (χ0v) is 17.7. The number of guanidine groups is 1. The molecule has 0 bridgehead atoms. The van der Waals surface area contributed by atoms with Crippen LogP contribution in [0.4, 0.5) is 5.69 Å². The van der Waals surface area contributed by atoms with E-state index in [9.17, 15) is 0 Å². The highest BCUT2D eigenvalue weighted by atomic mass is 127. The van der Waals surface area contributed by atoms with Crippen LogP contribution in [0.25, 0.3) is 0 Å². The monoisotopic (exact) mass is 456 g/mol.